The first-order valence-electron chi connectivity index (χ1n) is 9.47. The fraction of sp³-hybridized carbons (Fsp3) is 0.368. The largest absolute Gasteiger partial charge is 0.346 e. The zero-order valence-corrected chi connectivity index (χ0v) is 16.3. The molecule has 1 N–H and O–H groups in total. The monoisotopic (exact) mass is 394 g/mol. The summed E-state index contributed by atoms with van der Waals surface area (Å²) in [5.41, 5.74) is 3.08. The van der Waals surface area contributed by atoms with Gasteiger partial charge in [0.05, 0.1) is 36.7 Å². The number of hydrogen-bond donors (Lipinski definition) is 1. The van der Waals surface area contributed by atoms with Gasteiger partial charge in [0.1, 0.15) is 6.33 Å². The Morgan fingerprint density at radius 1 is 1.17 bits per heavy atom. The molecule has 2 amide bonds. The topological polar surface area (TPSA) is 111 Å². The van der Waals surface area contributed by atoms with E-state index >= 15 is 0 Å². The molecule has 0 unspecified atom stereocenters. The van der Waals surface area contributed by atoms with Crippen molar-refractivity contribution < 1.29 is 9.59 Å². The van der Waals surface area contributed by atoms with Crippen molar-refractivity contribution in [2.45, 2.75) is 33.5 Å². The number of tetrazole rings is 1. The van der Waals surface area contributed by atoms with E-state index in [-0.39, 0.29) is 17.7 Å². The van der Waals surface area contributed by atoms with Gasteiger partial charge < -0.3 is 10.2 Å². The smallest absolute Gasteiger partial charge is 0.251 e. The molecular formula is C19H22N8O2. The second-order valence-corrected chi connectivity index (χ2v) is 7.25. The van der Waals surface area contributed by atoms with Gasteiger partial charge in [-0.2, -0.15) is 5.10 Å². The maximum absolute atomic E-state index is 12.4. The van der Waals surface area contributed by atoms with Gasteiger partial charge >= 0.3 is 0 Å². The molecule has 0 radical (unpaired) electrons. The summed E-state index contributed by atoms with van der Waals surface area (Å²) in [5.74, 6) is -0.0521. The highest BCUT2D eigenvalue weighted by atomic mass is 16.2. The highest BCUT2D eigenvalue weighted by molar-refractivity contribution is 5.94. The van der Waals surface area contributed by atoms with Crippen LogP contribution in [0.1, 0.15) is 35.6 Å². The number of benzene rings is 1. The lowest BCUT2D eigenvalue weighted by molar-refractivity contribution is -0.136. The minimum absolute atomic E-state index is 0.0181. The summed E-state index contributed by atoms with van der Waals surface area (Å²) in [7, 11) is 0. The summed E-state index contributed by atoms with van der Waals surface area (Å²) in [6.45, 7) is 6.02. The van der Waals surface area contributed by atoms with Crippen molar-refractivity contribution in [3.8, 4) is 5.69 Å². The second-order valence-electron chi connectivity index (χ2n) is 7.25. The lowest BCUT2D eigenvalue weighted by atomic mass is 10.1. The first-order valence-corrected chi connectivity index (χ1v) is 9.47. The molecule has 0 bridgehead atoms. The molecule has 150 valence electrons. The normalized spacial score (nSPS) is 13.4. The zero-order chi connectivity index (χ0) is 20.4. The number of aromatic nitrogens is 6. The predicted octanol–water partition coefficient (Wildman–Crippen LogP) is 0.787. The minimum atomic E-state index is -0.184. The third-order valence-corrected chi connectivity index (χ3v) is 4.83. The Hall–Kier alpha value is -3.56. The van der Waals surface area contributed by atoms with Crippen molar-refractivity contribution in [3.05, 3.63) is 53.6 Å². The number of carbonyl (C=O) groups excluding carboxylic acids is 2. The molecule has 3 heterocycles. The van der Waals surface area contributed by atoms with Crippen molar-refractivity contribution >= 4 is 11.8 Å². The van der Waals surface area contributed by atoms with Gasteiger partial charge in [0.25, 0.3) is 5.91 Å². The molecule has 0 atom stereocenters. The van der Waals surface area contributed by atoms with Gasteiger partial charge in [-0.1, -0.05) is 13.8 Å². The van der Waals surface area contributed by atoms with E-state index in [4.69, 9.17) is 0 Å². The summed E-state index contributed by atoms with van der Waals surface area (Å²) < 4.78 is 3.43. The fourth-order valence-electron chi connectivity index (χ4n) is 3.28. The number of amides is 2. The molecule has 1 aliphatic heterocycles. The number of nitrogens with one attached hydrogen (secondary N) is 1. The average Bonchev–Trinajstić information content (AvgIpc) is 3.40. The Kier molecular flexibility index (Phi) is 5.07. The standard InChI is InChI=1S/C19H22N8O2/c1-13(2)19(29)25-7-8-26-17(11-25)9-15(22-26)10-20-18(28)14-3-5-16(6-4-14)27-12-21-23-24-27/h3-6,9,12-13H,7-8,10-11H2,1-2H3,(H,20,28). The van der Waals surface area contributed by atoms with Crippen LogP contribution in [0.4, 0.5) is 0 Å². The van der Waals surface area contributed by atoms with Crippen LogP contribution < -0.4 is 5.32 Å². The highest BCUT2D eigenvalue weighted by Crippen LogP contribution is 2.16. The van der Waals surface area contributed by atoms with E-state index in [9.17, 15) is 9.59 Å². The van der Waals surface area contributed by atoms with Crippen molar-refractivity contribution in [1.82, 2.24) is 40.2 Å². The van der Waals surface area contributed by atoms with Crippen molar-refractivity contribution in [2.24, 2.45) is 5.92 Å². The van der Waals surface area contributed by atoms with Crippen LogP contribution >= 0.6 is 0 Å². The molecular weight excluding hydrogens is 372 g/mol. The first kappa shape index (κ1) is 18.8. The van der Waals surface area contributed by atoms with Crippen LogP contribution in [0.15, 0.2) is 36.7 Å². The molecule has 0 fully saturated rings. The lowest BCUT2D eigenvalue weighted by Crippen LogP contribution is -2.40. The summed E-state index contributed by atoms with van der Waals surface area (Å²) in [5, 5.41) is 18.4. The van der Waals surface area contributed by atoms with E-state index in [2.05, 4.69) is 25.9 Å². The van der Waals surface area contributed by atoms with E-state index < -0.39 is 0 Å². The maximum Gasteiger partial charge on any atom is 0.251 e. The minimum Gasteiger partial charge on any atom is -0.346 e. The molecule has 10 heteroatoms. The van der Waals surface area contributed by atoms with E-state index in [1.807, 2.05) is 29.5 Å². The van der Waals surface area contributed by atoms with Crippen LogP contribution in [-0.2, 0) is 24.4 Å². The fourth-order valence-corrected chi connectivity index (χ4v) is 3.28. The summed E-state index contributed by atoms with van der Waals surface area (Å²) in [6, 6.07) is 8.95. The summed E-state index contributed by atoms with van der Waals surface area (Å²) in [6.07, 6.45) is 1.49. The zero-order valence-electron chi connectivity index (χ0n) is 16.3. The highest BCUT2D eigenvalue weighted by Gasteiger charge is 2.23. The van der Waals surface area contributed by atoms with Crippen molar-refractivity contribution in [1.29, 1.82) is 0 Å². The molecule has 2 aromatic heterocycles. The Morgan fingerprint density at radius 3 is 2.66 bits per heavy atom. The number of fused-ring (bicyclic) bond motifs is 1. The van der Waals surface area contributed by atoms with Crippen molar-refractivity contribution in [3.63, 3.8) is 0 Å². The van der Waals surface area contributed by atoms with E-state index in [1.54, 1.807) is 24.3 Å². The molecule has 0 spiro atoms. The van der Waals surface area contributed by atoms with Crippen LogP contribution in [-0.4, -0.2) is 53.2 Å². The molecule has 0 aliphatic carbocycles. The van der Waals surface area contributed by atoms with Gasteiger partial charge in [0.2, 0.25) is 5.91 Å². The van der Waals surface area contributed by atoms with Crippen LogP contribution in [0.25, 0.3) is 5.69 Å². The summed E-state index contributed by atoms with van der Waals surface area (Å²) >= 11 is 0. The first-order chi connectivity index (χ1) is 14.0. The van der Waals surface area contributed by atoms with E-state index in [1.165, 1.54) is 11.0 Å². The maximum atomic E-state index is 12.4. The Balaban J connectivity index is 1.36. The third-order valence-electron chi connectivity index (χ3n) is 4.83. The SMILES string of the molecule is CC(C)C(=O)N1CCn2nc(CNC(=O)c3ccc(-n4cnnn4)cc3)cc2C1. The number of rotatable bonds is 5. The van der Waals surface area contributed by atoms with Gasteiger partial charge in [0.15, 0.2) is 0 Å². The molecule has 4 rings (SSSR count). The number of hydrogen-bond acceptors (Lipinski definition) is 6. The van der Waals surface area contributed by atoms with Crippen LogP contribution in [0, 0.1) is 5.92 Å². The van der Waals surface area contributed by atoms with Gasteiger partial charge in [0, 0.05) is 18.0 Å². The lowest BCUT2D eigenvalue weighted by Gasteiger charge is -2.29. The predicted molar refractivity (Wildman–Crippen MR) is 103 cm³/mol. The molecule has 29 heavy (non-hydrogen) atoms. The van der Waals surface area contributed by atoms with Crippen LogP contribution in [0.5, 0.6) is 0 Å². The van der Waals surface area contributed by atoms with Crippen molar-refractivity contribution in [2.75, 3.05) is 6.54 Å². The Morgan fingerprint density at radius 2 is 1.97 bits per heavy atom. The second kappa shape index (κ2) is 7.82. The van der Waals surface area contributed by atoms with E-state index in [0.717, 1.165) is 17.1 Å². The number of nitrogens with zero attached hydrogens (tertiary/aromatic N) is 7. The number of carbonyl (C=O) groups is 2. The Bertz CT molecular complexity index is 1010. The molecule has 10 nitrogen and oxygen atoms in total. The van der Waals surface area contributed by atoms with Gasteiger partial charge in [-0.05, 0) is 40.8 Å². The Labute approximate surface area is 167 Å². The van der Waals surface area contributed by atoms with Crippen LogP contribution in [0.3, 0.4) is 0 Å². The summed E-state index contributed by atoms with van der Waals surface area (Å²) in [4.78, 5) is 26.5. The molecule has 1 aliphatic rings. The average molecular weight is 394 g/mol. The van der Waals surface area contributed by atoms with Gasteiger partial charge in [-0.3, -0.25) is 14.3 Å². The molecule has 0 saturated carbocycles. The van der Waals surface area contributed by atoms with Gasteiger partial charge in [-0.15, -0.1) is 5.10 Å². The molecule has 3 aromatic rings. The van der Waals surface area contributed by atoms with Crippen LogP contribution in [0.2, 0.25) is 0 Å². The molecule has 1 aromatic carbocycles. The quantitative estimate of drug-likeness (QED) is 0.685. The van der Waals surface area contributed by atoms with E-state index in [0.29, 0.717) is 31.7 Å². The third kappa shape index (κ3) is 4.00. The molecule has 0 saturated heterocycles. The van der Waals surface area contributed by atoms with Gasteiger partial charge in [-0.25, -0.2) is 4.68 Å².